The first-order valence-corrected chi connectivity index (χ1v) is 11.3. The highest BCUT2D eigenvalue weighted by Crippen LogP contribution is 2.30. The zero-order valence-electron chi connectivity index (χ0n) is 19.8. The van der Waals surface area contributed by atoms with Crippen LogP contribution in [-0.4, -0.2) is 63.6 Å². The summed E-state index contributed by atoms with van der Waals surface area (Å²) in [6.45, 7) is 0. The average molecular weight is 523 g/mol. The van der Waals surface area contributed by atoms with E-state index in [0.29, 0.717) is 22.8 Å². The number of nitrogens with zero attached hydrogens (tertiary/aromatic N) is 6. The van der Waals surface area contributed by atoms with E-state index in [4.69, 9.17) is 10.2 Å². The summed E-state index contributed by atoms with van der Waals surface area (Å²) in [4.78, 5) is 43.0. The molecule has 0 spiro atoms. The number of hydrogen-bond donors (Lipinski definition) is 4. The Morgan fingerprint density at radius 2 is 1.18 bits per heavy atom. The summed E-state index contributed by atoms with van der Waals surface area (Å²) in [5.74, 6) is -3.61. The van der Waals surface area contributed by atoms with Crippen molar-refractivity contribution < 1.29 is 29.7 Å². The number of carboxylic acid groups (broad SMARTS) is 3. The predicted octanol–water partition coefficient (Wildman–Crippen LogP) is 2.27. The smallest absolute Gasteiger partial charge is 0.354 e. The molecule has 0 saturated carbocycles. The van der Waals surface area contributed by atoms with Gasteiger partial charge in [-0.2, -0.15) is 5.10 Å². The molecule has 13 nitrogen and oxygen atoms in total. The normalized spacial score (nSPS) is 16.2. The van der Waals surface area contributed by atoms with E-state index in [-0.39, 0.29) is 28.5 Å². The van der Waals surface area contributed by atoms with Crippen molar-refractivity contribution in [3.05, 3.63) is 102 Å². The zero-order valence-corrected chi connectivity index (χ0v) is 19.8. The van der Waals surface area contributed by atoms with Crippen molar-refractivity contribution in [3.63, 3.8) is 0 Å². The molecule has 1 atom stereocenters. The van der Waals surface area contributed by atoms with Crippen LogP contribution in [0.15, 0.2) is 78.9 Å². The Labute approximate surface area is 219 Å². The van der Waals surface area contributed by atoms with E-state index in [0.717, 1.165) is 0 Å². The third-order valence-electron chi connectivity index (χ3n) is 5.75. The van der Waals surface area contributed by atoms with Gasteiger partial charge in [0.25, 0.3) is 0 Å². The predicted molar refractivity (Wildman–Crippen MR) is 134 cm³/mol. The third-order valence-corrected chi connectivity index (χ3v) is 5.75. The van der Waals surface area contributed by atoms with Gasteiger partial charge in [0, 0.05) is 0 Å². The Balaban J connectivity index is 1.42. The molecule has 0 aromatic carbocycles. The van der Waals surface area contributed by atoms with E-state index in [2.05, 4.69) is 35.7 Å². The van der Waals surface area contributed by atoms with Gasteiger partial charge < -0.3 is 20.6 Å². The maximum Gasteiger partial charge on any atom is 0.354 e. The molecule has 13 heteroatoms. The van der Waals surface area contributed by atoms with Crippen molar-refractivity contribution in [2.75, 3.05) is 0 Å². The monoisotopic (exact) mass is 523 g/mol. The second-order valence-electron chi connectivity index (χ2n) is 8.21. The van der Waals surface area contributed by atoms with Gasteiger partial charge in [0.05, 0.1) is 17.1 Å². The molecule has 0 saturated heterocycles. The van der Waals surface area contributed by atoms with Crippen LogP contribution in [-0.2, 0) is 10.3 Å². The van der Waals surface area contributed by atoms with Crippen LogP contribution in [0.1, 0.15) is 32.4 Å². The molecule has 192 valence electrons. The molecule has 1 unspecified atom stereocenters. The van der Waals surface area contributed by atoms with Crippen molar-refractivity contribution in [2.45, 2.75) is 5.54 Å². The molecule has 5 rings (SSSR count). The first-order valence-electron chi connectivity index (χ1n) is 11.3. The molecule has 5 heterocycles. The highest BCUT2D eigenvalue weighted by atomic mass is 16.4. The summed E-state index contributed by atoms with van der Waals surface area (Å²) in [5, 5.41) is 47.9. The fourth-order valence-corrected chi connectivity index (χ4v) is 3.80. The lowest BCUT2D eigenvalue weighted by molar-refractivity contribution is -0.142. The van der Waals surface area contributed by atoms with E-state index in [9.17, 15) is 19.5 Å². The number of rotatable bonds is 7. The van der Waals surface area contributed by atoms with Crippen LogP contribution >= 0.6 is 0 Å². The summed E-state index contributed by atoms with van der Waals surface area (Å²) in [7, 11) is 0. The minimum Gasteiger partial charge on any atom is -0.479 e. The minimum absolute atomic E-state index is 0.0641. The number of carbonyl (C=O) groups is 3. The number of hydrogen-bond acceptors (Lipinski definition) is 10. The van der Waals surface area contributed by atoms with Crippen LogP contribution in [0.4, 0.5) is 0 Å². The van der Waals surface area contributed by atoms with Gasteiger partial charge in [0.1, 0.15) is 34.2 Å². The number of pyridine rings is 2. The van der Waals surface area contributed by atoms with Gasteiger partial charge >= 0.3 is 17.9 Å². The number of dihydropyridines is 1. The van der Waals surface area contributed by atoms with Crippen LogP contribution < -0.4 is 5.32 Å². The van der Waals surface area contributed by atoms with Gasteiger partial charge in [-0.15, -0.1) is 15.3 Å². The zero-order chi connectivity index (χ0) is 27.6. The van der Waals surface area contributed by atoms with Gasteiger partial charge in [0.2, 0.25) is 0 Å². The summed E-state index contributed by atoms with van der Waals surface area (Å²) in [6.07, 6.45) is 4.58. The molecule has 1 aliphatic heterocycles. The average Bonchev–Trinajstić information content (AvgIpc) is 2.97. The Kier molecular flexibility index (Phi) is 6.30. The summed E-state index contributed by atoms with van der Waals surface area (Å²) >= 11 is 0. The van der Waals surface area contributed by atoms with Gasteiger partial charge in [-0.25, -0.2) is 24.4 Å². The highest BCUT2D eigenvalue weighted by molar-refractivity contribution is 5.88. The third kappa shape index (κ3) is 4.79. The summed E-state index contributed by atoms with van der Waals surface area (Å²) < 4.78 is 0. The van der Waals surface area contributed by atoms with Gasteiger partial charge in [-0.1, -0.05) is 18.2 Å². The first kappa shape index (κ1) is 24.8. The van der Waals surface area contributed by atoms with Crippen LogP contribution in [0, 0.1) is 0 Å². The summed E-state index contributed by atoms with van der Waals surface area (Å²) in [6, 6.07) is 15.1. The van der Waals surface area contributed by atoms with Crippen LogP contribution in [0.5, 0.6) is 0 Å². The molecule has 39 heavy (non-hydrogen) atoms. The molecule has 0 bridgehead atoms. The minimum atomic E-state index is -1.79. The first-order chi connectivity index (χ1) is 18.8. The van der Waals surface area contributed by atoms with Crippen molar-refractivity contribution in [3.8, 4) is 22.8 Å². The van der Waals surface area contributed by atoms with Crippen molar-refractivity contribution in [2.24, 2.45) is 0 Å². The number of aromatic nitrogens is 6. The molecule has 1 aliphatic rings. The SMILES string of the molecule is O=C(O)c1cccc(-c2ccc(C3=CC=CC(C(=O)O)(c4ccc(-c5cccc(C(=O)O)n5)nn4)N3)nn2)n1. The number of carboxylic acids is 3. The van der Waals surface area contributed by atoms with Crippen LogP contribution in [0.25, 0.3) is 28.5 Å². The Bertz CT molecular complexity index is 1670. The molecular weight excluding hydrogens is 506 g/mol. The number of aliphatic carboxylic acids is 1. The Hall–Kier alpha value is -5.85. The van der Waals surface area contributed by atoms with Crippen molar-refractivity contribution >= 4 is 23.6 Å². The van der Waals surface area contributed by atoms with E-state index in [1.807, 2.05) is 0 Å². The fraction of sp³-hybridized carbons (Fsp3) is 0.0385. The number of allylic oxidation sites excluding steroid dienone is 2. The lowest BCUT2D eigenvalue weighted by Gasteiger charge is -2.30. The molecule has 0 amide bonds. The lowest BCUT2D eigenvalue weighted by Crippen LogP contribution is -2.48. The second kappa shape index (κ2) is 9.89. The topological polar surface area (TPSA) is 201 Å². The maximum atomic E-state index is 12.5. The van der Waals surface area contributed by atoms with E-state index in [1.54, 1.807) is 42.5 Å². The summed E-state index contributed by atoms with van der Waals surface area (Å²) in [5.41, 5.74) is -0.176. The van der Waals surface area contributed by atoms with Crippen molar-refractivity contribution in [1.82, 2.24) is 35.7 Å². The molecule has 4 N–H and O–H groups in total. The second-order valence-corrected chi connectivity index (χ2v) is 8.21. The fourth-order valence-electron chi connectivity index (χ4n) is 3.80. The molecule has 0 fully saturated rings. The molecule has 0 aliphatic carbocycles. The van der Waals surface area contributed by atoms with Crippen LogP contribution in [0.2, 0.25) is 0 Å². The van der Waals surface area contributed by atoms with Crippen LogP contribution in [0.3, 0.4) is 0 Å². The number of aromatic carboxylic acids is 2. The molecular formula is C26H17N7O6. The van der Waals surface area contributed by atoms with Gasteiger partial charge in [-0.05, 0) is 60.7 Å². The van der Waals surface area contributed by atoms with Crippen molar-refractivity contribution in [1.29, 1.82) is 0 Å². The Morgan fingerprint density at radius 1 is 0.641 bits per heavy atom. The van der Waals surface area contributed by atoms with E-state index in [1.165, 1.54) is 36.4 Å². The largest absolute Gasteiger partial charge is 0.479 e. The number of nitrogens with one attached hydrogen (secondary N) is 1. The van der Waals surface area contributed by atoms with E-state index < -0.39 is 23.4 Å². The standard InChI is InChI=1S/C26H17N7O6/c34-23(35)20-6-1-4-14(27-20)17-9-10-19(31-30-17)16-8-3-13-26(29-16,25(38)39)22-12-11-18(32-33-22)15-5-2-7-21(28-15)24(36)37/h1-13,29H,(H,34,35)(H,36,37)(H,38,39). The highest BCUT2D eigenvalue weighted by Gasteiger charge is 2.42. The Morgan fingerprint density at radius 3 is 1.67 bits per heavy atom. The lowest BCUT2D eigenvalue weighted by atomic mass is 9.91. The van der Waals surface area contributed by atoms with Gasteiger partial charge in [0.15, 0.2) is 5.54 Å². The molecule has 4 aromatic heterocycles. The molecule has 4 aromatic rings. The maximum absolute atomic E-state index is 12.5. The van der Waals surface area contributed by atoms with Gasteiger partial charge in [-0.3, -0.25) is 0 Å². The quantitative estimate of drug-likeness (QED) is 0.275. The van der Waals surface area contributed by atoms with E-state index >= 15 is 0 Å². The molecule has 0 radical (unpaired) electrons.